The first-order valence-corrected chi connectivity index (χ1v) is 27.7. The largest absolute Gasteiger partial charge is 0.489 e. The molecule has 78 heavy (non-hydrogen) atoms. The molecule has 0 aromatic heterocycles. The maximum Gasteiger partial charge on any atom is 0.256 e. The van der Waals surface area contributed by atoms with Gasteiger partial charge in [0.2, 0.25) is 11.8 Å². The van der Waals surface area contributed by atoms with Crippen LogP contribution in [0.4, 0.5) is 11.4 Å². The molecule has 3 aromatic rings. The number of fused-ring (bicyclic) bond motifs is 4. The topological polar surface area (TPSA) is 213 Å². The summed E-state index contributed by atoms with van der Waals surface area (Å²) in [7, 11) is 0. The van der Waals surface area contributed by atoms with Crippen molar-refractivity contribution in [3.8, 4) is 23.3 Å². The van der Waals surface area contributed by atoms with Gasteiger partial charge in [-0.2, -0.15) is 11.8 Å². The lowest BCUT2D eigenvalue weighted by Crippen LogP contribution is -2.35. The van der Waals surface area contributed by atoms with E-state index in [1.54, 1.807) is 0 Å². The minimum atomic E-state index is -0.666. The zero-order valence-corrected chi connectivity index (χ0v) is 45.5. The molecule has 18 nitrogen and oxygen atoms in total. The van der Waals surface area contributed by atoms with Gasteiger partial charge < -0.3 is 48.9 Å². The molecule has 1 aliphatic carbocycles. The molecule has 0 bridgehead atoms. The Labute approximate surface area is 459 Å². The van der Waals surface area contributed by atoms with Crippen LogP contribution in [-0.2, 0) is 51.3 Å². The van der Waals surface area contributed by atoms with Crippen molar-refractivity contribution in [2.24, 2.45) is 15.9 Å². The highest BCUT2D eigenvalue weighted by Crippen LogP contribution is 2.37. The van der Waals surface area contributed by atoms with E-state index in [2.05, 4.69) is 35.6 Å². The van der Waals surface area contributed by atoms with E-state index in [0.29, 0.717) is 118 Å². The third kappa shape index (κ3) is 15.2. The van der Waals surface area contributed by atoms with Crippen LogP contribution in [0.25, 0.3) is 0 Å². The molecule has 3 aromatic carbocycles. The highest BCUT2D eigenvalue weighted by Gasteiger charge is 2.40. The summed E-state index contributed by atoms with van der Waals surface area (Å²) in [5.74, 6) is 6.06. The van der Waals surface area contributed by atoms with Gasteiger partial charge in [0.05, 0.1) is 105 Å². The average Bonchev–Trinajstić information content (AvgIpc) is 4.12. The Morgan fingerprint density at radius 3 is 1.71 bits per heavy atom. The molecule has 8 rings (SSSR count). The summed E-state index contributed by atoms with van der Waals surface area (Å²) in [6, 6.07) is 12.9. The second-order valence-electron chi connectivity index (χ2n) is 19.9. The second kappa shape index (κ2) is 27.6. The van der Waals surface area contributed by atoms with Gasteiger partial charge in [-0.15, -0.1) is 0 Å². The van der Waals surface area contributed by atoms with Crippen LogP contribution < -0.4 is 20.1 Å². The van der Waals surface area contributed by atoms with E-state index in [1.807, 2.05) is 84.8 Å². The van der Waals surface area contributed by atoms with E-state index in [-0.39, 0.29) is 105 Å². The van der Waals surface area contributed by atoms with Gasteiger partial charge >= 0.3 is 0 Å². The number of hydrogen-bond donors (Lipinski definition) is 2. The molecule has 4 aliphatic heterocycles. The van der Waals surface area contributed by atoms with Crippen LogP contribution in [0.1, 0.15) is 87.1 Å². The molecule has 2 saturated heterocycles. The van der Waals surface area contributed by atoms with Crippen LogP contribution in [0, 0.1) is 31.6 Å². The number of carbonyl (C=O) groups is 6. The van der Waals surface area contributed by atoms with Crippen LogP contribution >= 0.6 is 11.8 Å². The van der Waals surface area contributed by atoms with Crippen molar-refractivity contribution in [2.75, 3.05) is 85.3 Å². The molecule has 2 N–H and O–H groups in total. The highest BCUT2D eigenvalue weighted by atomic mass is 32.2. The Balaban J connectivity index is 0.757. The molecule has 4 atom stereocenters. The lowest BCUT2D eigenvalue weighted by molar-refractivity contribution is -0.128. The summed E-state index contributed by atoms with van der Waals surface area (Å²) in [5, 5.41) is 5.29. The fraction of sp³-hybridized carbons (Fsp3) is 0.458. The number of ether oxygens (including phenoxy) is 6. The number of Topliss-reactive ketones (excluding diaryl/α,β-unsaturated/α-hetero) is 2. The zero-order chi connectivity index (χ0) is 55.1. The normalized spacial score (nSPS) is 19.2. The van der Waals surface area contributed by atoms with Crippen LogP contribution in [-0.4, -0.2) is 160 Å². The van der Waals surface area contributed by atoms with Crippen molar-refractivity contribution >= 4 is 70.8 Å². The fourth-order valence-electron chi connectivity index (χ4n) is 9.80. The summed E-state index contributed by atoms with van der Waals surface area (Å²) in [6.07, 6.45) is 7.60. The van der Waals surface area contributed by atoms with Crippen molar-refractivity contribution < 1.29 is 57.2 Å². The molecule has 19 heteroatoms. The molecule has 0 radical (unpaired) electrons. The molecular weight excluding hydrogens is 1020 g/mol. The zero-order valence-electron chi connectivity index (χ0n) is 44.7. The van der Waals surface area contributed by atoms with Gasteiger partial charge in [-0.05, 0) is 92.0 Å². The smallest absolute Gasteiger partial charge is 0.256 e. The minimum Gasteiger partial charge on any atom is -0.489 e. The number of nitrogens with zero attached hydrogens (tertiary/aromatic N) is 4. The summed E-state index contributed by atoms with van der Waals surface area (Å²) < 4.78 is 35.0. The van der Waals surface area contributed by atoms with Gasteiger partial charge in [-0.3, -0.25) is 38.8 Å². The van der Waals surface area contributed by atoms with E-state index in [4.69, 9.17) is 38.4 Å². The predicted molar refractivity (Wildman–Crippen MR) is 296 cm³/mol. The van der Waals surface area contributed by atoms with E-state index in [0.717, 1.165) is 33.4 Å². The molecular formula is C59H68N6O12S. The van der Waals surface area contributed by atoms with E-state index in [1.165, 1.54) is 11.8 Å². The Morgan fingerprint density at radius 1 is 0.667 bits per heavy atom. The molecule has 5 aliphatic rings. The number of aliphatic imine (C=N–C) groups is 2. The summed E-state index contributed by atoms with van der Waals surface area (Å²) in [6.45, 7) is 16.4. The second-order valence-corrected chi connectivity index (χ2v) is 20.9. The van der Waals surface area contributed by atoms with Crippen LogP contribution in [0.5, 0.6) is 11.5 Å². The third-order valence-corrected chi connectivity index (χ3v) is 14.9. The molecule has 4 heterocycles. The molecule has 1 saturated carbocycles. The lowest BCUT2D eigenvalue weighted by atomic mass is 10.00. The number of ketones is 2. The number of hydrogen-bond acceptors (Lipinski definition) is 15. The Morgan fingerprint density at radius 2 is 1.18 bits per heavy atom. The van der Waals surface area contributed by atoms with Gasteiger partial charge in [0.15, 0.2) is 5.78 Å². The van der Waals surface area contributed by atoms with Crippen molar-refractivity contribution in [2.45, 2.75) is 82.9 Å². The van der Waals surface area contributed by atoms with Crippen LogP contribution in [0.15, 0.2) is 76.8 Å². The van der Waals surface area contributed by atoms with Gasteiger partial charge in [-0.1, -0.05) is 36.1 Å². The fourth-order valence-corrected chi connectivity index (χ4v) is 10.5. The van der Waals surface area contributed by atoms with Crippen LogP contribution in [0.3, 0.4) is 0 Å². The summed E-state index contributed by atoms with van der Waals surface area (Å²) in [4.78, 5) is 89.1. The maximum atomic E-state index is 13.5. The SMILES string of the molecule is C=C1C[C@H]2C=Nc3cc(OCc4cc(C#CCNC(=O)CCOCCOCCOCCOCCNC(=O)CCC5C(=O)CC(SC)C5=O)cc(COc5cc6c(cc5C)C(=O)N5CC(=C)C[C@H]5C=N6)c4)c(C)cc3C(=O)N2C1. The highest BCUT2D eigenvalue weighted by molar-refractivity contribution is 8.00. The Bertz CT molecular complexity index is 2800. The molecule has 4 amide bonds. The first-order valence-electron chi connectivity index (χ1n) is 26.4. The van der Waals surface area contributed by atoms with Gasteiger partial charge in [0.25, 0.3) is 11.8 Å². The van der Waals surface area contributed by atoms with Crippen molar-refractivity contribution in [3.05, 3.63) is 106 Å². The number of carbonyl (C=O) groups excluding carboxylic acids is 6. The summed E-state index contributed by atoms with van der Waals surface area (Å²) >= 11 is 1.38. The number of thioether (sulfide) groups is 1. The number of rotatable bonds is 26. The quantitative estimate of drug-likeness (QED) is 0.0401. The predicted octanol–water partition coefficient (Wildman–Crippen LogP) is 6.14. The van der Waals surface area contributed by atoms with Gasteiger partial charge in [-0.25, -0.2) is 0 Å². The van der Waals surface area contributed by atoms with E-state index < -0.39 is 5.92 Å². The Kier molecular flexibility index (Phi) is 20.2. The van der Waals surface area contributed by atoms with Crippen LogP contribution in [0.2, 0.25) is 0 Å². The molecule has 2 unspecified atom stereocenters. The standard InChI is InChI=1S/C59H68N6O12S/c1-37-21-44-31-62-49-28-52(39(3)23-47(49)58(70)64(44)33-37)76-35-42-25-41(26-43(27-42)36-77-53-29-50-48(24-40(53)4)59(71)65-34-38(2)22-45(65)32-63-50)7-6-11-60-56(68)10-13-72-15-17-74-19-20-75-18-16-73-14-12-61-55(67)9-8-46-51(66)30-54(78-5)57(46)69/h23-29,31-32,44-46,54H,1-2,8-22,30,33-36H2,3-5H3,(H,60,68)(H,61,67)/t44-,45-,46?,54?/m0/s1. The van der Waals surface area contributed by atoms with Crippen molar-refractivity contribution in [3.63, 3.8) is 0 Å². The summed E-state index contributed by atoms with van der Waals surface area (Å²) in [5.41, 5.74) is 8.10. The molecule has 412 valence electrons. The Hall–Kier alpha value is -6.95. The average molecular weight is 1090 g/mol. The van der Waals surface area contributed by atoms with Crippen molar-refractivity contribution in [1.29, 1.82) is 0 Å². The van der Waals surface area contributed by atoms with Gasteiger partial charge in [0.1, 0.15) is 30.5 Å². The van der Waals surface area contributed by atoms with Gasteiger partial charge in [0, 0.05) is 69.0 Å². The molecule has 3 fully saturated rings. The molecule has 0 spiro atoms. The maximum absolute atomic E-state index is 13.5. The third-order valence-electron chi connectivity index (χ3n) is 13.9. The monoisotopic (exact) mass is 1080 g/mol. The number of benzene rings is 3. The number of amides is 4. The van der Waals surface area contributed by atoms with E-state index >= 15 is 0 Å². The lowest BCUT2D eigenvalue weighted by Gasteiger charge is -2.20. The van der Waals surface area contributed by atoms with E-state index in [9.17, 15) is 28.8 Å². The first kappa shape index (κ1) is 57.2. The number of aryl methyl sites for hydroxylation is 2. The van der Waals surface area contributed by atoms with Crippen molar-refractivity contribution in [1.82, 2.24) is 20.4 Å². The first-order chi connectivity index (χ1) is 37.7. The number of nitrogens with one attached hydrogen (secondary N) is 2. The minimum absolute atomic E-state index is 0.0671.